The first kappa shape index (κ1) is 17.1. The Labute approximate surface area is 154 Å². The SMILES string of the molecule is CS(=O)(=O)c1ccc(Nc2cc(-c3cccc(F)c3)n3ncnc3n2)cc1. The van der Waals surface area contributed by atoms with Crippen molar-refractivity contribution in [3.8, 4) is 11.3 Å². The maximum atomic E-state index is 13.6. The third kappa shape index (κ3) is 3.49. The fraction of sp³-hybridized carbons (Fsp3) is 0.0556. The summed E-state index contributed by atoms with van der Waals surface area (Å²) >= 11 is 0. The molecule has 0 aliphatic heterocycles. The van der Waals surface area contributed by atoms with Gasteiger partial charge in [-0.2, -0.15) is 19.6 Å². The van der Waals surface area contributed by atoms with Gasteiger partial charge in [-0.3, -0.25) is 0 Å². The summed E-state index contributed by atoms with van der Waals surface area (Å²) in [6.45, 7) is 0. The first-order valence-electron chi connectivity index (χ1n) is 7.94. The monoisotopic (exact) mass is 383 g/mol. The Morgan fingerprint density at radius 1 is 1.07 bits per heavy atom. The number of rotatable bonds is 4. The summed E-state index contributed by atoms with van der Waals surface area (Å²) in [5, 5.41) is 7.25. The van der Waals surface area contributed by atoms with Crippen LogP contribution in [0.3, 0.4) is 0 Å². The highest BCUT2D eigenvalue weighted by Crippen LogP contribution is 2.25. The highest BCUT2D eigenvalue weighted by molar-refractivity contribution is 7.90. The van der Waals surface area contributed by atoms with Gasteiger partial charge in [0.2, 0.25) is 0 Å². The molecule has 7 nitrogen and oxygen atoms in total. The summed E-state index contributed by atoms with van der Waals surface area (Å²) < 4.78 is 38.3. The fourth-order valence-corrected chi connectivity index (χ4v) is 3.29. The molecule has 27 heavy (non-hydrogen) atoms. The molecule has 136 valence electrons. The molecule has 0 amide bonds. The number of hydrogen-bond donors (Lipinski definition) is 1. The van der Waals surface area contributed by atoms with E-state index in [4.69, 9.17) is 0 Å². The van der Waals surface area contributed by atoms with Crippen molar-refractivity contribution in [3.63, 3.8) is 0 Å². The number of aromatic nitrogens is 4. The van der Waals surface area contributed by atoms with Crippen LogP contribution >= 0.6 is 0 Å². The lowest BCUT2D eigenvalue weighted by Gasteiger charge is -2.10. The second-order valence-electron chi connectivity index (χ2n) is 5.93. The van der Waals surface area contributed by atoms with Gasteiger partial charge in [0.1, 0.15) is 18.0 Å². The number of benzene rings is 2. The Kier molecular flexibility index (Phi) is 4.08. The van der Waals surface area contributed by atoms with Crippen molar-refractivity contribution in [2.45, 2.75) is 4.90 Å². The van der Waals surface area contributed by atoms with Crippen LogP contribution in [-0.4, -0.2) is 34.3 Å². The van der Waals surface area contributed by atoms with Crippen molar-refractivity contribution in [1.29, 1.82) is 0 Å². The Morgan fingerprint density at radius 2 is 1.85 bits per heavy atom. The van der Waals surface area contributed by atoms with Gasteiger partial charge in [0.15, 0.2) is 9.84 Å². The zero-order valence-corrected chi connectivity index (χ0v) is 15.0. The van der Waals surface area contributed by atoms with Crippen LogP contribution in [0.2, 0.25) is 0 Å². The molecule has 0 fully saturated rings. The van der Waals surface area contributed by atoms with E-state index in [0.29, 0.717) is 28.5 Å². The van der Waals surface area contributed by atoms with Crippen LogP contribution in [0.15, 0.2) is 65.8 Å². The maximum absolute atomic E-state index is 13.6. The lowest BCUT2D eigenvalue weighted by molar-refractivity contribution is 0.602. The van der Waals surface area contributed by atoms with E-state index in [1.54, 1.807) is 30.3 Å². The van der Waals surface area contributed by atoms with Gasteiger partial charge in [-0.15, -0.1) is 0 Å². The molecule has 0 aliphatic rings. The van der Waals surface area contributed by atoms with Crippen molar-refractivity contribution in [2.24, 2.45) is 0 Å². The van der Waals surface area contributed by atoms with Crippen LogP contribution in [0.4, 0.5) is 15.9 Å². The van der Waals surface area contributed by atoms with Crippen LogP contribution in [0.5, 0.6) is 0 Å². The Morgan fingerprint density at radius 3 is 2.56 bits per heavy atom. The molecule has 9 heteroatoms. The summed E-state index contributed by atoms with van der Waals surface area (Å²) in [6, 6.07) is 14.2. The number of fused-ring (bicyclic) bond motifs is 1. The highest BCUT2D eigenvalue weighted by Gasteiger charge is 2.11. The van der Waals surface area contributed by atoms with Gasteiger partial charge in [0.25, 0.3) is 5.78 Å². The van der Waals surface area contributed by atoms with Gasteiger partial charge in [0.05, 0.1) is 10.6 Å². The molecule has 0 spiro atoms. The Bertz CT molecular complexity index is 1240. The van der Waals surface area contributed by atoms with Crippen molar-refractivity contribution < 1.29 is 12.8 Å². The zero-order chi connectivity index (χ0) is 19.0. The smallest absolute Gasteiger partial charge is 0.254 e. The third-order valence-electron chi connectivity index (χ3n) is 3.93. The number of sulfone groups is 1. The minimum atomic E-state index is -3.26. The number of hydrogen-bond acceptors (Lipinski definition) is 6. The molecule has 2 aromatic heterocycles. The van der Waals surface area contributed by atoms with E-state index >= 15 is 0 Å². The summed E-state index contributed by atoms with van der Waals surface area (Å²) in [7, 11) is -3.26. The van der Waals surface area contributed by atoms with E-state index in [-0.39, 0.29) is 10.7 Å². The quantitative estimate of drug-likeness (QED) is 0.583. The number of halogens is 1. The van der Waals surface area contributed by atoms with E-state index in [1.807, 2.05) is 0 Å². The van der Waals surface area contributed by atoms with Crippen molar-refractivity contribution in [3.05, 3.63) is 66.7 Å². The molecule has 0 atom stereocenters. The van der Waals surface area contributed by atoms with E-state index in [9.17, 15) is 12.8 Å². The van der Waals surface area contributed by atoms with Gasteiger partial charge in [-0.05, 0) is 36.4 Å². The van der Waals surface area contributed by atoms with E-state index < -0.39 is 9.84 Å². The molecule has 2 heterocycles. The van der Waals surface area contributed by atoms with E-state index in [1.165, 1.54) is 35.1 Å². The van der Waals surface area contributed by atoms with Gasteiger partial charge >= 0.3 is 0 Å². The molecular weight excluding hydrogens is 369 g/mol. The maximum Gasteiger partial charge on any atom is 0.254 e. The molecular formula is C18H14FN5O2S. The second kappa shape index (κ2) is 6.44. The summed E-state index contributed by atoms with van der Waals surface area (Å²) in [4.78, 5) is 8.71. The van der Waals surface area contributed by atoms with E-state index in [2.05, 4.69) is 20.4 Å². The molecule has 2 aromatic carbocycles. The highest BCUT2D eigenvalue weighted by atomic mass is 32.2. The standard InChI is InChI=1S/C18H14FN5O2S/c1-27(25,26)15-7-5-14(6-8-15)22-17-10-16(12-3-2-4-13(19)9-12)24-18(23-17)20-11-21-24/h2-11H,1H3,(H,20,21,22,23). The lowest BCUT2D eigenvalue weighted by Crippen LogP contribution is -2.02. The van der Waals surface area contributed by atoms with Crippen LogP contribution in [0.25, 0.3) is 17.0 Å². The van der Waals surface area contributed by atoms with Crippen LogP contribution < -0.4 is 5.32 Å². The lowest BCUT2D eigenvalue weighted by atomic mass is 10.1. The number of nitrogens with one attached hydrogen (secondary N) is 1. The normalized spacial score (nSPS) is 11.6. The molecule has 4 rings (SSSR count). The van der Waals surface area contributed by atoms with Crippen molar-refractivity contribution >= 4 is 27.1 Å². The van der Waals surface area contributed by atoms with Gasteiger partial charge in [-0.25, -0.2) is 12.8 Å². The average Bonchev–Trinajstić information content (AvgIpc) is 3.09. The molecule has 0 saturated carbocycles. The zero-order valence-electron chi connectivity index (χ0n) is 14.2. The molecule has 1 N–H and O–H groups in total. The van der Waals surface area contributed by atoms with Crippen LogP contribution in [0, 0.1) is 5.82 Å². The summed E-state index contributed by atoms with van der Waals surface area (Å²) in [5.41, 5.74) is 1.90. The van der Waals surface area contributed by atoms with Crippen LogP contribution in [-0.2, 0) is 9.84 Å². The van der Waals surface area contributed by atoms with Crippen molar-refractivity contribution in [2.75, 3.05) is 11.6 Å². The third-order valence-corrected chi connectivity index (χ3v) is 5.06. The molecule has 0 bridgehead atoms. The summed E-state index contributed by atoms with van der Waals surface area (Å²) in [6.07, 6.45) is 2.53. The predicted octanol–water partition coefficient (Wildman–Crippen LogP) is 3.08. The predicted molar refractivity (Wildman–Crippen MR) is 99.0 cm³/mol. The molecule has 0 aliphatic carbocycles. The minimum Gasteiger partial charge on any atom is -0.340 e. The van der Waals surface area contributed by atoms with Gasteiger partial charge in [-0.1, -0.05) is 12.1 Å². The number of nitrogens with zero attached hydrogens (tertiary/aromatic N) is 4. The van der Waals surface area contributed by atoms with Gasteiger partial charge < -0.3 is 5.32 Å². The number of anilines is 2. The Hall–Kier alpha value is -3.33. The topological polar surface area (TPSA) is 89.2 Å². The molecule has 0 saturated heterocycles. The fourth-order valence-electron chi connectivity index (χ4n) is 2.66. The minimum absolute atomic E-state index is 0.231. The van der Waals surface area contributed by atoms with Gasteiger partial charge in [0, 0.05) is 23.6 Å². The largest absolute Gasteiger partial charge is 0.340 e. The first-order chi connectivity index (χ1) is 12.9. The second-order valence-corrected chi connectivity index (χ2v) is 7.95. The molecule has 4 aromatic rings. The molecule has 0 radical (unpaired) electrons. The average molecular weight is 383 g/mol. The van der Waals surface area contributed by atoms with Crippen molar-refractivity contribution in [1.82, 2.24) is 19.6 Å². The van der Waals surface area contributed by atoms with E-state index in [0.717, 1.165) is 6.26 Å². The summed E-state index contributed by atoms with van der Waals surface area (Å²) in [5.74, 6) is 0.470. The molecule has 0 unspecified atom stereocenters. The Balaban J connectivity index is 1.75. The first-order valence-corrected chi connectivity index (χ1v) is 9.83. The van der Waals surface area contributed by atoms with Crippen LogP contribution in [0.1, 0.15) is 0 Å².